The molecule has 0 aromatic carbocycles. The first kappa shape index (κ1) is 10.9. The van der Waals surface area contributed by atoms with Crippen LogP contribution in [0.1, 0.15) is 26.7 Å². The summed E-state index contributed by atoms with van der Waals surface area (Å²) in [6.45, 7) is 5.15. The molecule has 0 fully saturated rings. The van der Waals surface area contributed by atoms with Crippen molar-refractivity contribution in [3.8, 4) is 0 Å². The minimum Gasteiger partial charge on any atom is -0.382 e. The molecule has 0 saturated heterocycles. The van der Waals surface area contributed by atoms with Crippen molar-refractivity contribution in [2.75, 3.05) is 20.8 Å². The van der Waals surface area contributed by atoms with Crippen molar-refractivity contribution in [1.29, 1.82) is 0 Å². The normalized spacial score (nSPS) is 16.4. The van der Waals surface area contributed by atoms with Crippen molar-refractivity contribution < 1.29 is 9.47 Å². The molecule has 68 valence electrons. The number of hydrogen-bond acceptors (Lipinski definition) is 2. The molecule has 2 heteroatoms. The Hall–Kier alpha value is -0.0800. The maximum absolute atomic E-state index is 5.24. The summed E-state index contributed by atoms with van der Waals surface area (Å²) in [6.07, 6.45) is 2.58. The fourth-order valence-corrected chi connectivity index (χ4v) is 1.03. The van der Waals surface area contributed by atoms with Gasteiger partial charge in [-0.25, -0.2) is 0 Å². The van der Waals surface area contributed by atoms with E-state index in [0.717, 1.165) is 12.3 Å². The summed E-state index contributed by atoms with van der Waals surface area (Å²) in [5.74, 6) is 0.732. The molecule has 0 aliphatic rings. The molecular formula is C9H20O2. The zero-order valence-corrected chi connectivity index (χ0v) is 8.09. The minimum atomic E-state index is 0.273. The summed E-state index contributed by atoms with van der Waals surface area (Å²) >= 11 is 0. The van der Waals surface area contributed by atoms with E-state index in [9.17, 15) is 0 Å². The number of methoxy groups -OCH3 is 2. The van der Waals surface area contributed by atoms with Crippen LogP contribution >= 0.6 is 0 Å². The van der Waals surface area contributed by atoms with Crippen LogP contribution in [0.2, 0.25) is 0 Å². The standard InChI is InChI=1S/C9H20O2/c1-5-8(2)6-9(11-4)7-10-3/h8-9H,5-7H2,1-4H3/t8?,9-/m1/s1. The van der Waals surface area contributed by atoms with Gasteiger partial charge in [0.1, 0.15) is 0 Å². The Balaban J connectivity index is 3.49. The molecule has 0 heterocycles. The van der Waals surface area contributed by atoms with Gasteiger partial charge in [-0.1, -0.05) is 20.3 Å². The van der Waals surface area contributed by atoms with Crippen molar-refractivity contribution in [2.24, 2.45) is 5.92 Å². The average molecular weight is 160 g/mol. The molecule has 0 aromatic heterocycles. The molecule has 0 saturated carbocycles. The SMILES string of the molecule is CCC(C)C[C@H](COC)OC. The predicted molar refractivity (Wildman–Crippen MR) is 46.7 cm³/mol. The van der Waals surface area contributed by atoms with E-state index in [1.54, 1.807) is 14.2 Å². The highest BCUT2D eigenvalue weighted by Gasteiger charge is 2.10. The first-order valence-electron chi connectivity index (χ1n) is 4.26. The summed E-state index contributed by atoms with van der Waals surface area (Å²) in [7, 11) is 3.45. The first-order valence-corrected chi connectivity index (χ1v) is 4.26. The van der Waals surface area contributed by atoms with Gasteiger partial charge in [0.05, 0.1) is 12.7 Å². The molecule has 0 aliphatic carbocycles. The summed E-state index contributed by atoms with van der Waals surface area (Å²) in [5.41, 5.74) is 0. The fourth-order valence-electron chi connectivity index (χ4n) is 1.03. The Labute approximate surface area is 69.9 Å². The number of hydrogen-bond donors (Lipinski definition) is 0. The lowest BCUT2D eigenvalue weighted by Gasteiger charge is -2.17. The van der Waals surface area contributed by atoms with Crippen LogP contribution in [0.5, 0.6) is 0 Å². The Bertz CT molecular complexity index is 83.6. The van der Waals surface area contributed by atoms with Gasteiger partial charge in [0.2, 0.25) is 0 Å². The van der Waals surface area contributed by atoms with E-state index < -0.39 is 0 Å². The van der Waals surface area contributed by atoms with Crippen LogP contribution in [0.15, 0.2) is 0 Å². The van der Waals surface area contributed by atoms with Crippen LogP contribution in [0, 0.1) is 5.92 Å². The minimum absolute atomic E-state index is 0.273. The molecule has 0 bridgehead atoms. The van der Waals surface area contributed by atoms with Crippen molar-refractivity contribution in [2.45, 2.75) is 32.8 Å². The Morgan fingerprint density at radius 2 is 1.91 bits per heavy atom. The van der Waals surface area contributed by atoms with E-state index in [4.69, 9.17) is 9.47 Å². The zero-order chi connectivity index (χ0) is 8.69. The second-order valence-corrected chi connectivity index (χ2v) is 3.06. The molecule has 11 heavy (non-hydrogen) atoms. The van der Waals surface area contributed by atoms with Crippen molar-refractivity contribution in [3.05, 3.63) is 0 Å². The van der Waals surface area contributed by atoms with Gasteiger partial charge >= 0.3 is 0 Å². The van der Waals surface area contributed by atoms with Gasteiger partial charge in [-0.05, 0) is 12.3 Å². The van der Waals surface area contributed by atoms with Crippen LogP contribution in [-0.2, 0) is 9.47 Å². The predicted octanol–water partition coefficient (Wildman–Crippen LogP) is 2.08. The Morgan fingerprint density at radius 3 is 2.27 bits per heavy atom. The topological polar surface area (TPSA) is 18.5 Å². The van der Waals surface area contributed by atoms with Crippen LogP contribution in [0.4, 0.5) is 0 Å². The molecule has 0 N–H and O–H groups in total. The van der Waals surface area contributed by atoms with Gasteiger partial charge in [0.25, 0.3) is 0 Å². The van der Waals surface area contributed by atoms with Crippen LogP contribution < -0.4 is 0 Å². The molecule has 0 aromatic rings. The third-order valence-corrected chi connectivity index (χ3v) is 2.05. The smallest absolute Gasteiger partial charge is 0.0807 e. The Kier molecular flexibility index (Phi) is 6.57. The van der Waals surface area contributed by atoms with Crippen molar-refractivity contribution in [1.82, 2.24) is 0 Å². The van der Waals surface area contributed by atoms with Gasteiger partial charge in [0, 0.05) is 14.2 Å². The molecule has 0 radical (unpaired) electrons. The molecule has 0 aliphatic heterocycles. The lowest BCUT2D eigenvalue weighted by Crippen LogP contribution is -2.20. The van der Waals surface area contributed by atoms with Gasteiger partial charge in [-0.15, -0.1) is 0 Å². The van der Waals surface area contributed by atoms with Crippen molar-refractivity contribution in [3.63, 3.8) is 0 Å². The molecule has 1 unspecified atom stereocenters. The third kappa shape index (κ3) is 5.22. The summed E-state index contributed by atoms with van der Waals surface area (Å²) in [5, 5.41) is 0. The van der Waals surface area contributed by atoms with E-state index >= 15 is 0 Å². The lowest BCUT2D eigenvalue weighted by atomic mass is 10.0. The van der Waals surface area contributed by atoms with Gasteiger partial charge in [0.15, 0.2) is 0 Å². The van der Waals surface area contributed by atoms with E-state index in [2.05, 4.69) is 13.8 Å². The van der Waals surface area contributed by atoms with Crippen LogP contribution in [0.3, 0.4) is 0 Å². The Morgan fingerprint density at radius 1 is 1.27 bits per heavy atom. The van der Waals surface area contributed by atoms with Crippen LogP contribution in [0.25, 0.3) is 0 Å². The quantitative estimate of drug-likeness (QED) is 0.592. The lowest BCUT2D eigenvalue weighted by molar-refractivity contribution is 0.0149. The molecule has 0 spiro atoms. The molecule has 2 atom stereocenters. The third-order valence-electron chi connectivity index (χ3n) is 2.05. The summed E-state index contributed by atoms with van der Waals surface area (Å²) in [6, 6.07) is 0. The molecule has 0 rings (SSSR count). The number of rotatable bonds is 6. The monoisotopic (exact) mass is 160 g/mol. The molecule has 2 nitrogen and oxygen atoms in total. The molecule has 0 amide bonds. The fraction of sp³-hybridized carbons (Fsp3) is 1.00. The maximum Gasteiger partial charge on any atom is 0.0807 e. The van der Waals surface area contributed by atoms with E-state index in [0.29, 0.717) is 6.61 Å². The highest BCUT2D eigenvalue weighted by Crippen LogP contribution is 2.11. The number of ether oxygens (including phenoxy) is 2. The van der Waals surface area contributed by atoms with E-state index in [-0.39, 0.29) is 6.10 Å². The van der Waals surface area contributed by atoms with Crippen LogP contribution in [-0.4, -0.2) is 26.9 Å². The van der Waals surface area contributed by atoms with E-state index in [1.807, 2.05) is 0 Å². The zero-order valence-electron chi connectivity index (χ0n) is 8.09. The average Bonchev–Trinajstić information content (AvgIpc) is 2.03. The van der Waals surface area contributed by atoms with Gasteiger partial charge in [-0.2, -0.15) is 0 Å². The summed E-state index contributed by atoms with van der Waals surface area (Å²) < 4.78 is 10.3. The summed E-state index contributed by atoms with van der Waals surface area (Å²) in [4.78, 5) is 0. The highest BCUT2D eigenvalue weighted by molar-refractivity contribution is 4.60. The van der Waals surface area contributed by atoms with Crippen molar-refractivity contribution >= 4 is 0 Å². The second-order valence-electron chi connectivity index (χ2n) is 3.06. The van der Waals surface area contributed by atoms with Gasteiger partial charge in [-0.3, -0.25) is 0 Å². The highest BCUT2D eigenvalue weighted by atomic mass is 16.5. The first-order chi connectivity index (χ1) is 5.24. The molecular weight excluding hydrogens is 140 g/mol. The second kappa shape index (κ2) is 6.62. The largest absolute Gasteiger partial charge is 0.382 e. The maximum atomic E-state index is 5.24. The van der Waals surface area contributed by atoms with E-state index in [1.165, 1.54) is 6.42 Å². The van der Waals surface area contributed by atoms with Gasteiger partial charge < -0.3 is 9.47 Å².